The summed E-state index contributed by atoms with van der Waals surface area (Å²) in [7, 11) is -2.44. The number of anilines is 1. The van der Waals surface area contributed by atoms with Crippen molar-refractivity contribution in [2.75, 3.05) is 18.4 Å². The van der Waals surface area contributed by atoms with Crippen molar-refractivity contribution >= 4 is 15.9 Å². The van der Waals surface area contributed by atoms with E-state index >= 15 is 0 Å². The average molecular weight is 258 g/mol. The molecule has 17 heavy (non-hydrogen) atoms. The summed E-state index contributed by atoms with van der Waals surface area (Å²) >= 11 is 0. The molecule has 0 unspecified atom stereocenters. The average Bonchev–Trinajstić information content (AvgIpc) is 2.29. The first-order valence-corrected chi connectivity index (χ1v) is 6.07. The summed E-state index contributed by atoms with van der Waals surface area (Å²) in [5.74, 6) is 4.23. The molecule has 0 atom stereocenters. The number of hydrogen-bond donors (Lipinski definition) is 3. The highest BCUT2D eigenvalue weighted by molar-refractivity contribution is 7.90. The van der Waals surface area contributed by atoms with Crippen molar-refractivity contribution in [2.24, 2.45) is 0 Å². The first-order chi connectivity index (χ1) is 7.98. The van der Waals surface area contributed by atoms with E-state index in [1.54, 1.807) is 0 Å². The van der Waals surface area contributed by atoms with Gasteiger partial charge in [-0.15, -0.1) is 0 Å². The van der Waals surface area contributed by atoms with Crippen LogP contribution in [0.25, 0.3) is 0 Å². The van der Waals surface area contributed by atoms with Crippen LogP contribution >= 0.6 is 0 Å². The fourth-order valence-corrected chi connectivity index (χ4v) is 1.61. The largest absolute Gasteiger partial charge is 0.384 e. The van der Waals surface area contributed by atoms with Crippen LogP contribution < -0.4 is 9.44 Å². The number of rotatable bonds is 3. The van der Waals surface area contributed by atoms with E-state index in [0.29, 0.717) is 0 Å². The van der Waals surface area contributed by atoms with Crippen LogP contribution in [0.5, 0.6) is 0 Å². The van der Waals surface area contributed by atoms with Crippen LogP contribution in [0, 0.1) is 17.7 Å². The minimum Gasteiger partial charge on any atom is -0.384 e. The van der Waals surface area contributed by atoms with Gasteiger partial charge in [0, 0.05) is 7.05 Å². The molecule has 1 aromatic rings. The molecular formula is C10H11FN2O3S. The van der Waals surface area contributed by atoms with Gasteiger partial charge in [-0.05, 0) is 18.2 Å². The number of aliphatic hydroxyl groups is 1. The molecule has 1 aromatic carbocycles. The Bertz CT molecular complexity index is 561. The molecule has 92 valence electrons. The van der Waals surface area contributed by atoms with E-state index in [-0.39, 0.29) is 11.3 Å². The molecular weight excluding hydrogens is 247 g/mol. The summed E-state index contributed by atoms with van der Waals surface area (Å²) in [4.78, 5) is 0. The zero-order valence-corrected chi connectivity index (χ0v) is 9.81. The fraction of sp³-hybridized carbons (Fsp3) is 0.200. The van der Waals surface area contributed by atoms with Gasteiger partial charge in [0.15, 0.2) is 0 Å². The molecule has 0 saturated carbocycles. The second-order valence-electron chi connectivity index (χ2n) is 2.96. The fourth-order valence-electron chi connectivity index (χ4n) is 1.04. The van der Waals surface area contributed by atoms with Gasteiger partial charge in [-0.25, -0.2) is 9.11 Å². The third-order valence-corrected chi connectivity index (χ3v) is 2.82. The summed E-state index contributed by atoms with van der Waals surface area (Å²) in [5, 5.41) is 8.55. The molecule has 0 fully saturated rings. The van der Waals surface area contributed by atoms with E-state index in [0.717, 1.165) is 12.1 Å². The van der Waals surface area contributed by atoms with E-state index in [1.807, 2.05) is 0 Å². The highest BCUT2D eigenvalue weighted by Gasteiger charge is 2.09. The maximum absolute atomic E-state index is 13.0. The molecule has 0 aromatic heterocycles. The molecule has 0 aliphatic rings. The maximum Gasteiger partial charge on any atom is 0.298 e. The Morgan fingerprint density at radius 3 is 2.76 bits per heavy atom. The summed E-state index contributed by atoms with van der Waals surface area (Å²) in [5.41, 5.74) is 0.291. The third-order valence-electron chi connectivity index (χ3n) is 1.80. The second kappa shape index (κ2) is 5.63. The Balaban J connectivity index is 3.15. The number of nitrogens with one attached hydrogen (secondary N) is 2. The van der Waals surface area contributed by atoms with Crippen molar-refractivity contribution in [3.05, 3.63) is 29.6 Å². The van der Waals surface area contributed by atoms with Gasteiger partial charge in [-0.1, -0.05) is 11.8 Å². The summed E-state index contributed by atoms with van der Waals surface area (Å²) in [6, 6.07) is 3.44. The highest BCUT2D eigenvalue weighted by Crippen LogP contribution is 2.16. The molecule has 0 amide bonds. The Kier molecular flexibility index (Phi) is 4.45. The van der Waals surface area contributed by atoms with Gasteiger partial charge in [0.1, 0.15) is 12.4 Å². The smallest absolute Gasteiger partial charge is 0.298 e. The quantitative estimate of drug-likeness (QED) is 0.670. The molecule has 0 bridgehead atoms. The van der Waals surface area contributed by atoms with Crippen LogP contribution in [0.3, 0.4) is 0 Å². The molecule has 1 rings (SSSR count). The standard InChI is InChI=1S/C10H11FN2O3S/c1-12-17(15,16)13-10-5-4-9(11)7-8(10)3-2-6-14/h4-5,7,12-14H,6H2,1H3. The maximum atomic E-state index is 13.0. The van der Waals surface area contributed by atoms with Crippen molar-refractivity contribution in [3.63, 3.8) is 0 Å². The van der Waals surface area contributed by atoms with Crippen molar-refractivity contribution < 1.29 is 17.9 Å². The van der Waals surface area contributed by atoms with Gasteiger partial charge >= 0.3 is 0 Å². The van der Waals surface area contributed by atoms with E-state index in [4.69, 9.17) is 5.11 Å². The minimum atomic E-state index is -3.69. The van der Waals surface area contributed by atoms with Gasteiger partial charge < -0.3 is 5.11 Å². The van der Waals surface area contributed by atoms with Crippen molar-refractivity contribution in [3.8, 4) is 11.8 Å². The monoisotopic (exact) mass is 258 g/mol. The van der Waals surface area contributed by atoms with Gasteiger partial charge in [0.25, 0.3) is 10.2 Å². The highest BCUT2D eigenvalue weighted by atomic mass is 32.2. The van der Waals surface area contributed by atoms with E-state index in [9.17, 15) is 12.8 Å². The summed E-state index contributed by atoms with van der Waals surface area (Å²) in [6.45, 7) is -0.394. The summed E-state index contributed by atoms with van der Waals surface area (Å²) in [6.07, 6.45) is 0. The summed E-state index contributed by atoms with van der Waals surface area (Å²) < 4.78 is 39.7. The number of benzene rings is 1. The number of aliphatic hydroxyl groups excluding tert-OH is 1. The number of halogens is 1. The molecule has 0 spiro atoms. The van der Waals surface area contributed by atoms with Crippen LogP contribution in [0.4, 0.5) is 10.1 Å². The Morgan fingerprint density at radius 1 is 1.47 bits per heavy atom. The first kappa shape index (κ1) is 13.4. The minimum absolute atomic E-state index is 0.140. The van der Waals surface area contributed by atoms with Crippen molar-refractivity contribution in [1.82, 2.24) is 4.72 Å². The lowest BCUT2D eigenvalue weighted by molar-refractivity contribution is 0.350. The zero-order chi connectivity index (χ0) is 12.9. The lowest BCUT2D eigenvalue weighted by atomic mass is 10.2. The molecule has 0 saturated heterocycles. The van der Waals surface area contributed by atoms with E-state index in [1.165, 1.54) is 13.1 Å². The predicted octanol–water partition coefficient (Wildman–Crippen LogP) is 0.0456. The van der Waals surface area contributed by atoms with Crippen LogP contribution in [-0.2, 0) is 10.2 Å². The van der Waals surface area contributed by atoms with Gasteiger partial charge in [-0.3, -0.25) is 4.72 Å². The molecule has 0 heterocycles. The van der Waals surface area contributed by atoms with Crippen LogP contribution in [0.2, 0.25) is 0 Å². The molecule has 3 N–H and O–H groups in total. The van der Waals surface area contributed by atoms with Gasteiger partial charge in [0.05, 0.1) is 11.3 Å². The molecule has 0 aliphatic carbocycles. The van der Waals surface area contributed by atoms with Gasteiger partial charge in [-0.2, -0.15) is 8.42 Å². The van der Waals surface area contributed by atoms with Crippen molar-refractivity contribution in [2.45, 2.75) is 0 Å². The van der Waals surface area contributed by atoms with Crippen LogP contribution in [0.1, 0.15) is 5.56 Å². The SMILES string of the molecule is CNS(=O)(=O)Nc1ccc(F)cc1C#CCO. The Morgan fingerprint density at radius 2 is 2.18 bits per heavy atom. The molecule has 5 nitrogen and oxygen atoms in total. The second-order valence-corrected chi connectivity index (χ2v) is 4.58. The first-order valence-electron chi connectivity index (χ1n) is 4.59. The lowest BCUT2D eigenvalue weighted by Crippen LogP contribution is -2.26. The van der Waals surface area contributed by atoms with Crippen LogP contribution in [-0.4, -0.2) is 27.2 Å². The van der Waals surface area contributed by atoms with Gasteiger partial charge in [0.2, 0.25) is 0 Å². The van der Waals surface area contributed by atoms with Crippen LogP contribution in [0.15, 0.2) is 18.2 Å². The Labute approximate surface area is 98.8 Å². The predicted molar refractivity (Wildman–Crippen MR) is 62.0 cm³/mol. The molecule has 7 heteroatoms. The van der Waals surface area contributed by atoms with Crippen molar-refractivity contribution in [1.29, 1.82) is 0 Å². The molecule has 0 aliphatic heterocycles. The molecule has 0 radical (unpaired) electrons. The van der Waals surface area contributed by atoms with E-state index in [2.05, 4.69) is 21.3 Å². The third kappa shape index (κ3) is 4.03. The number of hydrogen-bond acceptors (Lipinski definition) is 3. The van der Waals surface area contributed by atoms with E-state index < -0.39 is 22.6 Å². The topological polar surface area (TPSA) is 78.4 Å². The lowest BCUT2D eigenvalue weighted by Gasteiger charge is -2.08. The zero-order valence-electron chi connectivity index (χ0n) is 8.99. The Hall–Kier alpha value is -1.62. The normalized spacial score (nSPS) is 10.5.